The van der Waals surface area contributed by atoms with Crippen molar-refractivity contribution < 1.29 is 4.39 Å². The Morgan fingerprint density at radius 2 is 2.19 bits per heavy atom. The van der Waals surface area contributed by atoms with Gasteiger partial charge in [0, 0.05) is 5.54 Å². The average Bonchev–Trinajstić information content (AvgIpc) is 2.82. The highest BCUT2D eigenvalue weighted by Gasteiger charge is 2.40. The van der Waals surface area contributed by atoms with E-state index in [4.69, 9.17) is 5.73 Å². The summed E-state index contributed by atoms with van der Waals surface area (Å²) in [5, 5.41) is 3.89. The van der Waals surface area contributed by atoms with E-state index < -0.39 is 0 Å². The van der Waals surface area contributed by atoms with Crippen molar-refractivity contribution in [3.8, 4) is 5.69 Å². The maximum absolute atomic E-state index is 13.8. The van der Waals surface area contributed by atoms with Crippen LogP contribution in [-0.4, -0.2) is 14.8 Å². The van der Waals surface area contributed by atoms with Crippen molar-refractivity contribution in [1.29, 1.82) is 0 Å². The van der Waals surface area contributed by atoms with Gasteiger partial charge in [0.15, 0.2) is 0 Å². The van der Waals surface area contributed by atoms with E-state index in [-0.39, 0.29) is 11.4 Å². The lowest BCUT2D eigenvalue weighted by Crippen LogP contribution is -2.19. The predicted molar refractivity (Wildman–Crippen MR) is 56.4 cm³/mol. The Labute approximate surface area is 91.9 Å². The fourth-order valence-electron chi connectivity index (χ4n) is 1.76. The number of benzene rings is 1. The Hall–Kier alpha value is -1.75. The minimum Gasteiger partial charge on any atom is -0.321 e. The fourth-order valence-corrected chi connectivity index (χ4v) is 1.76. The van der Waals surface area contributed by atoms with Crippen molar-refractivity contribution >= 4 is 0 Å². The Balaban J connectivity index is 2.04. The van der Waals surface area contributed by atoms with Crippen LogP contribution in [0, 0.1) is 5.82 Å². The molecule has 82 valence electrons. The second kappa shape index (κ2) is 3.12. The van der Waals surface area contributed by atoms with Gasteiger partial charge in [-0.2, -0.15) is 5.10 Å². The summed E-state index contributed by atoms with van der Waals surface area (Å²) < 4.78 is 15.2. The van der Waals surface area contributed by atoms with E-state index in [0.717, 1.165) is 18.4 Å². The van der Waals surface area contributed by atoms with Crippen LogP contribution in [0.2, 0.25) is 0 Å². The van der Waals surface area contributed by atoms with Crippen molar-refractivity contribution in [3.63, 3.8) is 0 Å². The van der Waals surface area contributed by atoms with Gasteiger partial charge >= 0.3 is 0 Å². The number of nitrogens with two attached hydrogens (primary N) is 1. The maximum atomic E-state index is 13.8. The third-order valence-corrected chi connectivity index (χ3v) is 2.98. The molecule has 0 aliphatic heterocycles. The highest BCUT2D eigenvalue weighted by atomic mass is 19.1. The first-order valence-corrected chi connectivity index (χ1v) is 5.13. The van der Waals surface area contributed by atoms with Crippen molar-refractivity contribution in [1.82, 2.24) is 14.8 Å². The summed E-state index contributed by atoms with van der Waals surface area (Å²) in [5.41, 5.74) is 6.95. The topological polar surface area (TPSA) is 56.7 Å². The lowest BCUT2D eigenvalue weighted by atomic mass is 10.1. The lowest BCUT2D eigenvalue weighted by molar-refractivity contribution is 0.602. The van der Waals surface area contributed by atoms with Crippen LogP contribution in [0.4, 0.5) is 4.39 Å². The van der Waals surface area contributed by atoms with Crippen molar-refractivity contribution in [2.24, 2.45) is 5.73 Å². The van der Waals surface area contributed by atoms with Crippen LogP contribution in [0.3, 0.4) is 0 Å². The molecule has 4 nitrogen and oxygen atoms in total. The number of hydrogen-bond donors (Lipinski definition) is 1. The normalized spacial score (nSPS) is 17.4. The lowest BCUT2D eigenvalue weighted by Gasteiger charge is -2.10. The standard InChI is InChI=1S/C11H11FN4/c12-9-5-8(11(13)3-4-11)1-2-10(9)16-7-14-6-15-16/h1-2,5-7H,3-4,13H2. The van der Waals surface area contributed by atoms with E-state index in [1.54, 1.807) is 6.07 Å². The molecule has 2 N–H and O–H groups in total. The molecule has 0 unspecified atom stereocenters. The Morgan fingerprint density at radius 3 is 2.75 bits per heavy atom. The highest BCUT2D eigenvalue weighted by molar-refractivity contribution is 5.39. The molecule has 1 heterocycles. The number of nitrogens with zero attached hydrogens (tertiary/aromatic N) is 3. The summed E-state index contributed by atoms with van der Waals surface area (Å²) in [6.45, 7) is 0. The summed E-state index contributed by atoms with van der Waals surface area (Å²) in [6, 6.07) is 5.03. The van der Waals surface area contributed by atoms with Crippen LogP contribution in [-0.2, 0) is 5.54 Å². The molecule has 2 aromatic rings. The monoisotopic (exact) mass is 218 g/mol. The number of rotatable bonds is 2. The molecule has 1 aromatic heterocycles. The zero-order valence-electron chi connectivity index (χ0n) is 8.60. The van der Waals surface area contributed by atoms with E-state index in [0.29, 0.717) is 5.69 Å². The third kappa shape index (κ3) is 1.40. The molecule has 0 saturated heterocycles. The van der Waals surface area contributed by atoms with Crippen LogP contribution in [0.15, 0.2) is 30.9 Å². The Bertz CT molecular complexity index is 517. The van der Waals surface area contributed by atoms with E-state index in [1.807, 2.05) is 6.07 Å². The predicted octanol–water partition coefficient (Wildman–Crippen LogP) is 1.35. The van der Waals surface area contributed by atoms with Gasteiger partial charge in [0.1, 0.15) is 24.2 Å². The molecule has 1 aliphatic carbocycles. The molecular weight excluding hydrogens is 207 g/mol. The van der Waals surface area contributed by atoms with Gasteiger partial charge in [-0.1, -0.05) is 6.07 Å². The zero-order chi connectivity index (χ0) is 11.2. The first kappa shape index (κ1) is 9.47. The van der Waals surface area contributed by atoms with Crippen molar-refractivity contribution in [3.05, 3.63) is 42.2 Å². The molecule has 3 rings (SSSR count). The fraction of sp³-hybridized carbons (Fsp3) is 0.273. The summed E-state index contributed by atoms with van der Waals surface area (Å²) in [6.07, 6.45) is 4.69. The van der Waals surface area contributed by atoms with Crippen molar-refractivity contribution in [2.75, 3.05) is 0 Å². The summed E-state index contributed by atoms with van der Waals surface area (Å²) in [4.78, 5) is 3.78. The van der Waals surface area contributed by atoms with Crippen LogP contribution in [0.1, 0.15) is 18.4 Å². The molecule has 0 atom stereocenters. The van der Waals surface area contributed by atoms with Gasteiger partial charge in [0.05, 0.1) is 0 Å². The maximum Gasteiger partial charge on any atom is 0.149 e. The van der Waals surface area contributed by atoms with Gasteiger partial charge in [-0.25, -0.2) is 14.1 Å². The molecule has 16 heavy (non-hydrogen) atoms. The van der Waals surface area contributed by atoms with E-state index in [2.05, 4.69) is 10.1 Å². The Kier molecular flexibility index (Phi) is 1.85. The molecule has 0 radical (unpaired) electrons. The van der Waals surface area contributed by atoms with E-state index in [9.17, 15) is 4.39 Å². The molecule has 1 fully saturated rings. The minimum atomic E-state index is -0.320. The largest absolute Gasteiger partial charge is 0.321 e. The quantitative estimate of drug-likeness (QED) is 0.827. The van der Waals surface area contributed by atoms with Gasteiger partial charge in [0.25, 0.3) is 0 Å². The Morgan fingerprint density at radius 1 is 1.38 bits per heavy atom. The van der Waals surface area contributed by atoms with Crippen molar-refractivity contribution in [2.45, 2.75) is 18.4 Å². The molecule has 0 amide bonds. The van der Waals surface area contributed by atoms with Gasteiger partial charge in [-0.05, 0) is 30.5 Å². The first-order valence-electron chi connectivity index (χ1n) is 5.13. The highest BCUT2D eigenvalue weighted by Crippen LogP contribution is 2.43. The third-order valence-electron chi connectivity index (χ3n) is 2.98. The number of aromatic nitrogens is 3. The molecule has 5 heteroatoms. The molecule has 0 spiro atoms. The summed E-state index contributed by atoms with van der Waals surface area (Å²) in [7, 11) is 0. The van der Waals surface area contributed by atoms with Gasteiger partial charge in [-0.15, -0.1) is 0 Å². The molecule has 1 aliphatic rings. The van der Waals surface area contributed by atoms with E-state index in [1.165, 1.54) is 23.4 Å². The first-order chi connectivity index (χ1) is 7.69. The van der Waals surface area contributed by atoms with Crippen LogP contribution >= 0.6 is 0 Å². The SMILES string of the molecule is NC1(c2ccc(-n3cncn3)c(F)c2)CC1. The van der Waals surface area contributed by atoms with Gasteiger partial charge in [0.2, 0.25) is 0 Å². The minimum absolute atomic E-state index is 0.304. The second-order valence-corrected chi connectivity index (χ2v) is 4.16. The number of hydrogen-bond acceptors (Lipinski definition) is 3. The summed E-state index contributed by atoms with van der Waals surface area (Å²) >= 11 is 0. The molecule has 1 saturated carbocycles. The van der Waals surface area contributed by atoms with E-state index >= 15 is 0 Å². The molecule has 0 bridgehead atoms. The summed E-state index contributed by atoms with van der Waals surface area (Å²) in [5.74, 6) is -0.320. The smallest absolute Gasteiger partial charge is 0.149 e. The second-order valence-electron chi connectivity index (χ2n) is 4.16. The molecular formula is C11H11FN4. The van der Waals surface area contributed by atoms with Gasteiger partial charge in [-0.3, -0.25) is 0 Å². The van der Waals surface area contributed by atoms with Crippen LogP contribution in [0.25, 0.3) is 5.69 Å². The number of halogens is 1. The van der Waals surface area contributed by atoms with Gasteiger partial charge < -0.3 is 5.73 Å². The van der Waals surface area contributed by atoms with Crippen LogP contribution in [0.5, 0.6) is 0 Å². The molecule has 1 aromatic carbocycles. The van der Waals surface area contributed by atoms with Crippen LogP contribution < -0.4 is 5.73 Å². The zero-order valence-corrected chi connectivity index (χ0v) is 8.60. The average molecular weight is 218 g/mol.